The van der Waals surface area contributed by atoms with Gasteiger partial charge in [-0.1, -0.05) is 6.07 Å². The van der Waals surface area contributed by atoms with Gasteiger partial charge >= 0.3 is 0 Å². The van der Waals surface area contributed by atoms with Crippen molar-refractivity contribution in [1.29, 1.82) is 0 Å². The molecular weight excluding hydrogens is 298 g/mol. The summed E-state index contributed by atoms with van der Waals surface area (Å²) in [4.78, 5) is 8.85. The number of likely N-dealkylation sites (tertiary alicyclic amines) is 2. The van der Waals surface area contributed by atoms with Crippen LogP contribution in [0.5, 0.6) is 0 Å². The Bertz CT molecular complexity index is 384. The maximum atomic E-state index is 4.11. The molecule has 138 valence electrons. The summed E-state index contributed by atoms with van der Waals surface area (Å²) in [6.45, 7) is 6.00. The molecule has 1 aromatic heterocycles. The minimum absolute atomic E-state index is 0.779. The number of nitrogens with one attached hydrogen (secondary N) is 2. The molecule has 0 amide bonds. The summed E-state index contributed by atoms with van der Waals surface area (Å²) >= 11 is 0. The van der Waals surface area contributed by atoms with Gasteiger partial charge < -0.3 is 20.4 Å². The molecule has 2 N–H and O–H groups in total. The van der Waals surface area contributed by atoms with Gasteiger partial charge in [0.25, 0.3) is 0 Å². The predicted octanol–water partition coefficient (Wildman–Crippen LogP) is 1.81. The van der Waals surface area contributed by atoms with E-state index in [4.69, 9.17) is 0 Å². The van der Waals surface area contributed by atoms with E-state index in [9.17, 15) is 0 Å². The Kier molecular flexibility index (Phi) is 11.7. The van der Waals surface area contributed by atoms with Gasteiger partial charge in [0, 0.05) is 18.8 Å². The summed E-state index contributed by atoms with van der Waals surface area (Å²) in [5, 5.41) is 6.32. The Morgan fingerprint density at radius 1 is 1.00 bits per heavy atom. The topological polar surface area (TPSA) is 43.4 Å². The monoisotopic (exact) mass is 335 g/mol. The standard InChI is InChI=1S/C7H16N2.C7H10N2.C5H11N/c1-8-7-3-5-9(2)6-4-7;1-8-6-7-4-2-3-5-9-7;1-6-4-2-3-5-6/h7-8H,3-6H2,1-2H3;2-5,8H,6H2,1H3;2-5H2,1H3. The zero-order chi connectivity index (χ0) is 17.6. The van der Waals surface area contributed by atoms with Crippen LogP contribution in [0.15, 0.2) is 24.4 Å². The largest absolute Gasteiger partial charge is 0.317 e. The Morgan fingerprint density at radius 3 is 2.04 bits per heavy atom. The van der Waals surface area contributed by atoms with Crippen LogP contribution in [-0.4, -0.2) is 75.2 Å². The van der Waals surface area contributed by atoms with Crippen molar-refractivity contribution in [3.05, 3.63) is 30.1 Å². The van der Waals surface area contributed by atoms with Crippen molar-refractivity contribution in [3.8, 4) is 0 Å². The van der Waals surface area contributed by atoms with Gasteiger partial charge in [0.05, 0.1) is 5.69 Å². The van der Waals surface area contributed by atoms with E-state index in [1.807, 2.05) is 25.2 Å². The van der Waals surface area contributed by atoms with Crippen LogP contribution < -0.4 is 10.6 Å². The molecule has 24 heavy (non-hydrogen) atoms. The highest BCUT2D eigenvalue weighted by atomic mass is 15.1. The molecule has 1 aromatic rings. The SMILES string of the molecule is CN1CCCC1.CNC1CCN(C)CC1.CNCc1ccccn1. The van der Waals surface area contributed by atoms with Gasteiger partial charge in [-0.25, -0.2) is 0 Å². The van der Waals surface area contributed by atoms with Crippen molar-refractivity contribution >= 4 is 0 Å². The van der Waals surface area contributed by atoms with E-state index in [0.717, 1.165) is 18.3 Å². The van der Waals surface area contributed by atoms with Crippen molar-refractivity contribution in [3.63, 3.8) is 0 Å². The average Bonchev–Trinajstić information content (AvgIpc) is 3.09. The van der Waals surface area contributed by atoms with Gasteiger partial charge in [-0.3, -0.25) is 4.98 Å². The van der Waals surface area contributed by atoms with Crippen molar-refractivity contribution in [2.24, 2.45) is 0 Å². The Balaban J connectivity index is 0.000000184. The van der Waals surface area contributed by atoms with Gasteiger partial charge in [0.15, 0.2) is 0 Å². The van der Waals surface area contributed by atoms with Crippen molar-refractivity contribution in [2.45, 2.75) is 38.3 Å². The maximum Gasteiger partial charge on any atom is 0.0541 e. The van der Waals surface area contributed by atoms with Crippen LogP contribution in [0.25, 0.3) is 0 Å². The Labute approximate surface area is 148 Å². The third-order valence-corrected chi connectivity index (χ3v) is 4.54. The van der Waals surface area contributed by atoms with Crippen LogP contribution in [0.3, 0.4) is 0 Å². The summed E-state index contributed by atoms with van der Waals surface area (Å²) in [6.07, 6.45) is 7.25. The lowest BCUT2D eigenvalue weighted by Gasteiger charge is -2.28. The van der Waals surface area contributed by atoms with Crippen LogP contribution in [-0.2, 0) is 6.54 Å². The fourth-order valence-electron chi connectivity index (χ4n) is 2.86. The molecule has 0 spiro atoms. The van der Waals surface area contributed by atoms with E-state index in [-0.39, 0.29) is 0 Å². The molecule has 2 saturated heterocycles. The van der Waals surface area contributed by atoms with Gasteiger partial charge in [0.2, 0.25) is 0 Å². The number of nitrogens with zero attached hydrogens (tertiary/aromatic N) is 3. The van der Waals surface area contributed by atoms with E-state index >= 15 is 0 Å². The van der Waals surface area contributed by atoms with Crippen LogP contribution in [0.4, 0.5) is 0 Å². The van der Waals surface area contributed by atoms with Crippen molar-refractivity contribution in [1.82, 2.24) is 25.4 Å². The lowest BCUT2D eigenvalue weighted by atomic mass is 10.1. The molecule has 0 bridgehead atoms. The molecule has 0 aromatic carbocycles. The number of piperidine rings is 1. The minimum atomic E-state index is 0.779. The molecule has 3 rings (SSSR count). The third-order valence-electron chi connectivity index (χ3n) is 4.54. The number of hydrogen-bond acceptors (Lipinski definition) is 5. The molecular formula is C19H37N5. The normalized spacial score (nSPS) is 19.2. The van der Waals surface area contributed by atoms with Crippen LogP contribution in [0.1, 0.15) is 31.4 Å². The highest BCUT2D eigenvalue weighted by molar-refractivity contribution is 5.02. The number of pyridine rings is 1. The molecule has 0 aliphatic carbocycles. The summed E-state index contributed by atoms with van der Waals surface area (Å²) < 4.78 is 0. The zero-order valence-corrected chi connectivity index (χ0v) is 16.1. The van der Waals surface area contributed by atoms with E-state index in [1.165, 1.54) is 51.9 Å². The second-order valence-electron chi connectivity index (χ2n) is 6.73. The lowest BCUT2D eigenvalue weighted by Crippen LogP contribution is -2.39. The molecule has 2 aliphatic heterocycles. The van der Waals surface area contributed by atoms with Gasteiger partial charge in [-0.05, 0) is 92.2 Å². The molecule has 0 atom stereocenters. The molecule has 5 heteroatoms. The first-order valence-corrected chi connectivity index (χ1v) is 9.24. The summed E-state index contributed by atoms with van der Waals surface area (Å²) in [7, 11) is 8.32. The predicted molar refractivity (Wildman–Crippen MR) is 103 cm³/mol. The molecule has 0 unspecified atom stereocenters. The second kappa shape index (κ2) is 13.3. The Morgan fingerprint density at radius 2 is 1.62 bits per heavy atom. The van der Waals surface area contributed by atoms with Crippen molar-refractivity contribution in [2.75, 3.05) is 54.4 Å². The fraction of sp³-hybridized carbons (Fsp3) is 0.737. The van der Waals surface area contributed by atoms with Crippen molar-refractivity contribution < 1.29 is 0 Å². The van der Waals surface area contributed by atoms with Crippen LogP contribution >= 0.6 is 0 Å². The second-order valence-corrected chi connectivity index (χ2v) is 6.73. The minimum Gasteiger partial charge on any atom is -0.317 e. The number of hydrogen-bond donors (Lipinski definition) is 2. The van der Waals surface area contributed by atoms with Gasteiger partial charge in [0.1, 0.15) is 0 Å². The first-order valence-electron chi connectivity index (χ1n) is 9.24. The highest BCUT2D eigenvalue weighted by Crippen LogP contribution is 2.06. The molecule has 5 nitrogen and oxygen atoms in total. The number of rotatable bonds is 3. The fourth-order valence-corrected chi connectivity index (χ4v) is 2.86. The van der Waals surface area contributed by atoms with E-state index < -0.39 is 0 Å². The van der Waals surface area contributed by atoms with E-state index in [2.05, 4.69) is 46.6 Å². The summed E-state index contributed by atoms with van der Waals surface area (Å²) in [5.41, 5.74) is 1.08. The van der Waals surface area contributed by atoms with Gasteiger partial charge in [-0.15, -0.1) is 0 Å². The average molecular weight is 336 g/mol. The molecule has 3 heterocycles. The number of aromatic nitrogens is 1. The summed E-state index contributed by atoms with van der Waals surface area (Å²) in [5.74, 6) is 0. The first kappa shape index (κ1) is 21.0. The van der Waals surface area contributed by atoms with Crippen LogP contribution in [0.2, 0.25) is 0 Å². The molecule has 2 fully saturated rings. The third kappa shape index (κ3) is 9.98. The highest BCUT2D eigenvalue weighted by Gasteiger charge is 2.13. The molecule has 2 aliphatic rings. The van der Waals surface area contributed by atoms with Gasteiger partial charge in [-0.2, -0.15) is 0 Å². The summed E-state index contributed by atoms with van der Waals surface area (Å²) in [6, 6.07) is 6.68. The van der Waals surface area contributed by atoms with E-state index in [0.29, 0.717) is 0 Å². The first-order chi connectivity index (χ1) is 11.7. The van der Waals surface area contributed by atoms with Crippen LogP contribution in [0, 0.1) is 0 Å². The molecule has 0 saturated carbocycles. The zero-order valence-electron chi connectivity index (χ0n) is 16.1. The smallest absolute Gasteiger partial charge is 0.0541 e. The molecule has 0 radical (unpaired) electrons. The van der Waals surface area contributed by atoms with E-state index in [1.54, 1.807) is 6.20 Å². The Hall–Kier alpha value is -1.01. The maximum absolute atomic E-state index is 4.11. The quantitative estimate of drug-likeness (QED) is 0.882. The lowest BCUT2D eigenvalue weighted by molar-refractivity contribution is 0.240.